The van der Waals surface area contributed by atoms with Crippen molar-refractivity contribution in [1.82, 2.24) is 15.2 Å². The van der Waals surface area contributed by atoms with E-state index in [-0.39, 0.29) is 17.6 Å². The molecule has 3 heterocycles. The van der Waals surface area contributed by atoms with E-state index in [1.54, 1.807) is 18.4 Å². The van der Waals surface area contributed by atoms with Gasteiger partial charge < -0.3 is 19.2 Å². The fourth-order valence-corrected chi connectivity index (χ4v) is 2.51. The number of hydrogen-bond donors (Lipinski definition) is 2. The zero-order valence-corrected chi connectivity index (χ0v) is 13.3. The molecule has 0 fully saturated rings. The van der Waals surface area contributed by atoms with Gasteiger partial charge in [0.15, 0.2) is 11.5 Å². The lowest BCUT2D eigenvalue weighted by Crippen LogP contribution is -2.36. The highest BCUT2D eigenvalue weighted by atomic mass is 16.6. The van der Waals surface area contributed by atoms with Gasteiger partial charge in [-0.15, -0.1) is 10.2 Å². The Morgan fingerprint density at radius 1 is 1.16 bits per heavy atom. The van der Waals surface area contributed by atoms with Gasteiger partial charge in [-0.3, -0.25) is 9.78 Å². The Hall–Kier alpha value is -3.29. The first-order chi connectivity index (χ1) is 12.3. The number of hydrogen-bond acceptors (Lipinski definition) is 7. The van der Waals surface area contributed by atoms with Crippen molar-refractivity contribution in [2.45, 2.75) is 12.5 Å². The van der Waals surface area contributed by atoms with E-state index in [2.05, 4.69) is 20.5 Å². The highest BCUT2D eigenvalue weighted by Crippen LogP contribution is 2.30. The van der Waals surface area contributed by atoms with Crippen LogP contribution in [0.1, 0.15) is 11.5 Å². The van der Waals surface area contributed by atoms with Crippen molar-refractivity contribution >= 4 is 5.95 Å². The van der Waals surface area contributed by atoms with E-state index in [4.69, 9.17) is 13.9 Å². The number of nitrogens with zero attached hydrogens (tertiary/aromatic N) is 2. The molecule has 0 amide bonds. The van der Waals surface area contributed by atoms with Crippen LogP contribution in [0.4, 0.5) is 5.95 Å². The van der Waals surface area contributed by atoms with Gasteiger partial charge in [-0.2, -0.15) is 0 Å². The maximum atomic E-state index is 12.1. The van der Waals surface area contributed by atoms with Gasteiger partial charge in [0.1, 0.15) is 24.2 Å². The summed E-state index contributed by atoms with van der Waals surface area (Å²) in [5.74, 6) is 2.38. The molecule has 8 heteroatoms. The highest BCUT2D eigenvalue weighted by Gasteiger charge is 2.20. The predicted octanol–water partition coefficient (Wildman–Crippen LogP) is 1.60. The number of rotatable bonds is 5. The van der Waals surface area contributed by atoms with Crippen molar-refractivity contribution in [1.29, 1.82) is 0 Å². The van der Waals surface area contributed by atoms with Crippen LogP contribution >= 0.6 is 0 Å². The first-order valence-electron chi connectivity index (χ1n) is 7.88. The lowest BCUT2D eigenvalue weighted by Gasteiger charge is -2.26. The van der Waals surface area contributed by atoms with Crippen LogP contribution in [-0.4, -0.2) is 34.4 Å². The molecule has 0 saturated carbocycles. The molecule has 1 aliphatic heterocycles. The first kappa shape index (κ1) is 15.3. The van der Waals surface area contributed by atoms with Gasteiger partial charge in [0.2, 0.25) is 5.95 Å². The Labute approximate surface area is 142 Å². The van der Waals surface area contributed by atoms with Gasteiger partial charge in [0, 0.05) is 0 Å². The second kappa shape index (κ2) is 6.68. The molecule has 0 radical (unpaired) electrons. The number of aromatic amines is 1. The molecule has 0 aliphatic carbocycles. The molecule has 1 aromatic carbocycles. The highest BCUT2D eigenvalue weighted by molar-refractivity contribution is 5.41. The fraction of sp³-hybridized carbons (Fsp3) is 0.235. The van der Waals surface area contributed by atoms with Gasteiger partial charge in [0.05, 0.1) is 19.2 Å². The summed E-state index contributed by atoms with van der Waals surface area (Å²) in [6.45, 7) is 0.842. The summed E-state index contributed by atoms with van der Waals surface area (Å²) >= 11 is 0. The third-order valence-electron chi connectivity index (χ3n) is 3.75. The average Bonchev–Trinajstić information content (AvgIpc) is 3.15. The molecule has 2 aromatic heterocycles. The number of aromatic nitrogens is 3. The van der Waals surface area contributed by atoms with Crippen LogP contribution < -0.4 is 20.3 Å². The normalized spacial score (nSPS) is 15.8. The Kier molecular flexibility index (Phi) is 4.07. The van der Waals surface area contributed by atoms with E-state index >= 15 is 0 Å². The number of anilines is 1. The summed E-state index contributed by atoms with van der Waals surface area (Å²) in [6.07, 6.45) is 1.66. The quantitative estimate of drug-likeness (QED) is 0.727. The van der Waals surface area contributed by atoms with Crippen molar-refractivity contribution in [3.63, 3.8) is 0 Å². The van der Waals surface area contributed by atoms with E-state index in [1.165, 1.54) is 0 Å². The molecule has 3 aromatic rings. The fourth-order valence-electron chi connectivity index (χ4n) is 2.51. The van der Waals surface area contributed by atoms with Crippen LogP contribution in [0.3, 0.4) is 0 Å². The predicted molar refractivity (Wildman–Crippen MR) is 89.0 cm³/mol. The van der Waals surface area contributed by atoms with Gasteiger partial charge in [-0.1, -0.05) is 12.1 Å². The Balaban J connectivity index is 1.37. The molecule has 0 bridgehead atoms. The SMILES string of the molecule is O=c1[nH]c(NCC2COc3ccccc3O2)nnc1Cc1ccco1. The monoisotopic (exact) mass is 340 g/mol. The summed E-state index contributed by atoms with van der Waals surface area (Å²) in [6, 6.07) is 11.0. The zero-order chi connectivity index (χ0) is 17.1. The van der Waals surface area contributed by atoms with Crippen molar-refractivity contribution in [2.75, 3.05) is 18.5 Å². The Morgan fingerprint density at radius 3 is 2.84 bits per heavy atom. The van der Waals surface area contributed by atoms with E-state index in [9.17, 15) is 4.79 Å². The maximum Gasteiger partial charge on any atom is 0.274 e. The molecule has 1 unspecified atom stereocenters. The molecule has 0 saturated heterocycles. The van der Waals surface area contributed by atoms with Crippen LogP contribution in [0.2, 0.25) is 0 Å². The van der Waals surface area contributed by atoms with Crippen molar-refractivity contribution in [2.24, 2.45) is 0 Å². The van der Waals surface area contributed by atoms with Crippen molar-refractivity contribution in [3.05, 3.63) is 64.5 Å². The molecule has 25 heavy (non-hydrogen) atoms. The Bertz CT molecular complexity index is 907. The van der Waals surface area contributed by atoms with E-state index < -0.39 is 0 Å². The number of para-hydroxylation sites is 2. The topological polar surface area (TPSA) is 102 Å². The molecule has 1 aliphatic rings. The number of nitrogens with one attached hydrogen (secondary N) is 2. The number of H-pyrrole nitrogens is 1. The number of ether oxygens (including phenoxy) is 2. The lowest BCUT2D eigenvalue weighted by atomic mass is 10.2. The molecule has 2 N–H and O–H groups in total. The van der Waals surface area contributed by atoms with Gasteiger partial charge in [-0.25, -0.2) is 0 Å². The first-order valence-corrected chi connectivity index (χ1v) is 7.88. The summed E-state index contributed by atoms with van der Waals surface area (Å²) in [5, 5.41) is 11.0. The minimum absolute atomic E-state index is 0.192. The molecule has 128 valence electrons. The van der Waals surface area contributed by atoms with Gasteiger partial charge in [0.25, 0.3) is 5.56 Å². The summed E-state index contributed by atoms with van der Waals surface area (Å²) in [4.78, 5) is 14.8. The number of benzene rings is 1. The molecular formula is C17H16N4O4. The van der Waals surface area contributed by atoms with Crippen LogP contribution in [-0.2, 0) is 6.42 Å². The van der Waals surface area contributed by atoms with Crippen LogP contribution in [0, 0.1) is 0 Å². The number of furan rings is 1. The molecular weight excluding hydrogens is 324 g/mol. The summed E-state index contributed by atoms with van der Waals surface area (Å²) < 4.78 is 16.7. The standard InChI is InChI=1S/C17H16N4O4/c22-16-13(8-11-4-3-7-23-11)20-21-17(19-16)18-9-12-10-24-14-5-1-2-6-15(14)25-12/h1-7,12H,8-10H2,(H2,18,19,21,22). The van der Waals surface area contributed by atoms with Crippen LogP contribution in [0.5, 0.6) is 11.5 Å². The Morgan fingerprint density at radius 2 is 2.04 bits per heavy atom. The average molecular weight is 340 g/mol. The molecule has 4 rings (SSSR count). The second-order valence-electron chi connectivity index (χ2n) is 5.58. The summed E-state index contributed by atoms with van der Waals surface area (Å²) in [7, 11) is 0. The van der Waals surface area contributed by atoms with E-state index in [0.717, 1.165) is 5.75 Å². The number of fused-ring (bicyclic) bond motifs is 1. The molecule has 8 nitrogen and oxygen atoms in total. The third-order valence-corrected chi connectivity index (χ3v) is 3.75. The van der Waals surface area contributed by atoms with Gasteiger partial charge in [-0.05, 0) is 24.3 Å². The largest absolute Gasteiger partial charge is 0.486 e. The van der Waals surface area contributed by atoms with Crippen molar-refractivity contribution < 1.29 is 13.9 Å². The molecule has 0 spiro atoms. The van der Waals surface area contributed by atoms with Crippen molar-refractivity contribution in [3.8, 4) is 11.5 Å². The maximum absolute atomic E-state index is 12.1. The second-order valence-corrected chi connectivity index (χ2v) is 5.58. The van der Waals surface area contributed by atoms with Gasteiger partial charge >= 0.3 is 0 Å². The lowest BCUT2D eigenvalue weighted by molar-refractivity contribution is 0.0996. The molecule has 1 atom stereocenters. The van der Waals surface area contributed by atoms with Crippen LogP contribution in [0.15, 0.2) is 51.9 Å². The third kappa shape index (κ3) is 3.47. The minimum atomic E-state index is -0.306. The van der Waals surface area contributed by atoms with E-state index in [0.29, 0.717) is 36.8 Å². The minimum Gasteiger partial charge on any atom is -0.486 e. The van der Waals surface area contributed by atoms with E-state index in [1.807, 2.05) is 24.3 Å². The summed E-state index contributed by atoms with van der Waals surface area (Å²) in [5.41, 5.74) is -0.00765. The smallest absolute Gasteiger partial charge is 0.274 e. The van der Waals surface area contributed by atoms with Crippen LogP contribution in [0.25, 0.3) is 0 Å². The zero-order valence-electron chi connectivity index (χ0n) is 13.3.